The van der Waals surface area contributed by atoms with Crippen LogP contribution in [-0.2, 0) is 10.0 Å². The summed E-state index contributed by atoms with van der Waals surface area (Å²) in [5.41, 5.74) is 6.01. The van der Waals surface area contributed by atoms with Crippen molar-refractivity contribution in [3.63, 3.8) is 0 Å². The van der Waals surface area contributed by atoms with Crippen LogP contribution < -0.4 is 10.5 Å². The monoisotopic (exact) mass is 274 g/mol. The van der Waals surface area contributed by atoms with Gasteiger partial charge in [-0.1, -0.05) is 6.92 Å². The van der Waals surface area contributed by atoms with E-state index < -0.39 is 10.0 Å². The maximum absolute atomic E-state index is 12.3. The molecule has 0 amide bonds. The Morgan fingerprint density at radius 2 is 2.11 bits per heavy atom. The molecule has 6 nitrogen and oxygen atoms in total. The minimum Gasteiger partial charge on any atom is -0.495 e. The molecule has 1 aromatic rings. The largest absolute Gasteiger partial charge is 0.495 e. The highest BCUT2D eigenvalue weighted by Gasteiger charge is 2.23. The average Bonchev–Trinajstić information content (AvgIpc) is 2.35. The van der Waals surface area contributed by atoms with Crippen molar-refractivity contribution in [1.29, 1.82) is 0 Å². The van der Waals surface area contributed by atoms with Crippen molar-refractivity contribution in [1.82, 2.24) is 4.31 Å². The summed E-state index contributed by atoms with van der Waals surface area (Å²) in [4.78, 5) is 0.101. The lowest BCUT2D eigenvalue weighted by molar-refractivity contribution is 0.257. The molecule has 102 valence electrons. The Balaban J connectivity index is 3.19. The number of aliphatic hydroxyl groups is 1. The number of sulfonamides is 1. The van der Waals surface area contributed by atoms with Crippen molar-refractivity contribution < 1.29 is 18.3 Å². The van der Waals surface area contributed by atoms with E-state index in [9.17, 15) is 8.42 Å². The second-order valence-corrected chi connectivity index (χ2v) is 5.56. The predicted molar refractivity (Wildman–Crippen MR) is 68.9 cm³/mol. The van der Waals surface area contributed by atoms with E-state index in [1.54, 1.807) is 6.92 Å². The van der Waals surface area contributed by atoms with Crippen LogP contribution in [0.2, 0.25) is 0 Å². The van der Waals surface area contributed by atoms with Gasteiger partial charge in [0, 0.05) is 19.2 Å². The smallest absolute Gasteiger partial charge is 0.243 e. The Bertz CT molecular complexity index is 502. The molecule has 0 atom stereocenters. The quantitative estimate of drug-likeness (QED) is 0.727. The van der Waals surface area contributed by atoms with Gasteiger partial charge in [0.05, 0.1) is 24.3 Å². The molecule has 0 radical (unpaired) electrons. The van der Waals surface area contributed by atoms with E-state index >= 15 is 0 Å². The van der Waals surface area contributed by atoms with Gasteiger partial charge in [-0.15, -0.1) is 0 Å². The first-order valence-electron chi connectivity index (χ1n) is 5.51. The topological polar surface area (TPSA) is 92.9 Å². The number of likely N-dealkylation sites (N-methyl/N-ethyl adjacent to an activating group) is 1. The van der Waals surface area contributed by atoms with Crippen molar-refractivity contribution in [2.24, 2.45) is 0 Å². The van der Waals surface area contributed by atoms with Crippen molar-refractivity contribution in [3.05, 3.63) is 18.2 Å². The first kappa shape index (κ1) is 14.7. The zero-order chi connectivity index (χ0) is 13.8. The number of rotatable bonds is 6. The molecule has 0 spiro atoms. The predicted octanol–water partition coefficient (Wildman–Crippen LogP) is 0.280. The molecular formula is C11H18N2O4S. The van der Waals surface area contributed by atoms with Gasteiger partial charge in [-0.3, -0.25) is 0 Å². The Hall–Kier alpha value is -1.31. The number of anilines is 1. The molecule has 0 aliphatic heterocycles. The highest BCUT2D eigenvalue weighted by molar-refractivity contribution is 7.89. The molecule has 1 rings (SSSR count). The Morgan fingerprint density at radius 1 is 1.44 bits per heavy atom. The Kier molecular flexibility index (Phi) is 4.94. The van der Waals surface area contributed by atoms with Gasteiger partial charge in [-0.05, 0) is 12.1 Å². The van der Waals surface area contributed by atoms with Crippen LogP contribution in [-0.4, -0.2) is 44.6 Å². The van der Waals surface area contributed by atoms with Gasteiger partial charge in [0.25, 0.3) is 0 Å². The van der Waals surface area contributed by atoms with Gasteiger partial charge in [0.1, 0.15) is 5.75 Å². The van der Waals surface area contributed by atoms with Gasteiger partial charge in [-0.25, -0.2) is 8.42 Å². The average molecular weight is 274 g/mol. The highest BCUT2D eigenvalue weighted by Crippen LogP contribution is 2.26. The van der Waals surface area contributed by atoms with Crippen LogP contribution in [0.5, 0.6) is 5.75 Å². The molecule has 0 fully saturated rings. The van der Waals surface area contributed by atoms with Crippen LogP contribution in [0.25, 0.3) is 0 Å². The molecule has 0 saturated heterocycles. The molecule has 0 aliphatic carbocycles. The molecule has 0 aliphatic rings. The van der Waals surface area contributed by atoms with Crippen LogP contribution in [0.4, 0.5) is 5.69 Å². The second kappa shape index (κ2) is 6.03. The van der Waals surface area contributed by atoms with Crippen molar-refractivity contribution in [3.8, 4) is 5.75 Å². The molecule has 1 aromatic carbocycles. The number of nitrogen functional groups attached to an aromatic ring is 1. The number of benzene rings is 1. The van der Waals surface area contributed by atoms with Gasteiger partial charge >= 0.3 is 0 Å². The van der Waals surface area contributed by atoms with Gasteiger partial charge < -0.3 is 15.6 Å². The first-order valence-corrected chi connectivity index (χ1v) is 6.95. The van der Waals surface area contributed by atoms with E-state index in [2.05, 4.69) is 0 Å². The zero-order valence-electron chi connectivity index (χ0n) is 10.5. The molecule has 0 bridgehead atoms. The van der Waals surface area contributed by atoms with E-state index in [-0.39, 0.29) is 24.6 Å². The van der Waals surface area contributed by atoms with Crippen molar-refractivity contribution >= 4 is 15.7 Å². The van der Waals surface area contributed by atoms with E-state index in [0.717, 1.165) is 0 Å². The minimum atomic E-state index is -3.62. The highest BCUT2D eigenvalue weighted by atomic mass is 32.2. The molecule has 0 aromatic heterocycles. The maximum Gasteiger partial charge on any atom is 0.243 e. The molecule has 7 heteroatoms. The van der Waals surface area contributed by atoms with Crippen LogP contribution in [0, 0.1) is 0 Å². The van der Waals surface area contributed by atoms with Crippen LogP contribution in [0.3, 0.4) is 0 Å². The number of nitrogens with zero attached hydrogens (tertiary/aromatic N) is 1. The number of hydrogen-bond acceptors (Lipinski definition) is 5. The molecule has 0 saturated carbocycles. The molecule has 0 heterocycles. The van der Waals surface area contributed by atoms with Crippen molar-refractivity contribution in [2.75, 3.05) is 32.5 Å². The van der Waals surface area contributed by atoms with E-state index in [0.29, 0.717) is 11.4 Å². The number of nitrogens with two attached hydrogens (primary N) is 1. The second-order valence-electron chi connectivity index (χ2n) is 3.62. The maximum atomic E-state index is 12.3. The Morgan fingerprint density at radius 3 is 2.61 bits per heavy atom. The summed E-state index contributed by atoms with van der Waals surface area (Å²) in [5.74, 6) is 0.316. The fourth-order valence-corrected chi connectivity index (χ4v) is 3.02. The standard InChI is InChI=1S/C11H18N2O4S/c1-3-13(6-7-14)18(15,16)9-4-5-10(12)11(8-9)17-2/h4-5,8,14H,3,6-7,12H2,1-2H3. The Labute approximate surface area is 107 Å². The van der Waals surface area contributed by atoms with Crippen LogP contribution >= 0.6 is 0 Å². The van der Waals surface area contributed by atoms with E-state index in [1.165, 1.54) is 29.6 Å². The third-order valence-corrected chi connectivity index (χ3v) is 4.52. The van der Waals surface area contributed by atoms with Crippen LogP contribution in [0.15, 0.2) is 23.1 Å². The zero-order valence-corrected chi connectivity index (χ0v) is 11.3. The molecule has 3 N–H and O–H groups in total. The number of aliphatic hydroxyl groups excluding tert-OH is 1. The number of hydrogen-bond donors (Lipinski definition) is 2. The third-order valence-electron chi connectivity index (χ3n) is 2.54. The molecular weight excluding hydrogens is 256 g/mol. The number of ether oxygens (including phenoxy) is 1. The summed E-state index contributed by atoms with van der Waals surface area (Å²) >= 11 is 0. The number of methoxy groups -OCH3 is 1. The third kappa shape index (κ3) is 2.92. The molecule has 18 heavy (non-hydrogen) atoms. The lowest BCUT2D eigenvalue weighted by atomic mass is 10.3. The van der Waals surface area contributed by atoms with Gasteiger partial charge in [0.15, 0.2) is 0 Å². The van der Waals surface area contributed by atoms with Gasteiger partial charge in [-0.2, -0.15) is 4.31 Å². The summed E-state index contributed by atoms with van der Waals surface area (Å²) in [7, 11) is -2.20. The summed E-state index contributed by atoms with van der Waals surface area (Å²) in [6.07, 6.45) is 0. The normalized spacial score (nSPS) is 11.8. The fourth-order valence-electron chi connectivity index (χ4n) is 1.56. The minimum absolute atomic E-state index is 0.0610. The van der Waals surface area contributed by atoms with E-state index in [4.69, 9.17) is 15.6 Å². The lowest BCUT2D eigenvalue weighted by Gasteiger charge is -2.19. The molecule has 0 unspecified atom stereocenters. The first-order chi connectivity index (χ1) is 8.47. The summed E-state index contributed by atoms with van der Waals surface area (Å²) in [5, 5.41) is 8.87. The van der Waals surface area contributed by atoms with Crippen LogP contribution in [0.1, 0.15) is 6.92 Å². The lowest BCUT2D eigenvalue weighted by Crippen LogP contribution is -2.33. The summed E-state index contributed by atoms with van der Waals surface area (Å²) in [6.45, 7) is 1.84. The van der Waals surface area contributed by atoms with Crippen molar-refractivity contribution in [2.45, 2.75) is 11.8 Å². The van der Waals surface area contributed by atoms with Gasteiger partial charge in [0.2, 0.25) is 10.0 Å². The SMILES string of the molecule is CCN(CCO)S(=O)(=O)c1ccc(N)c(OC)c1. The summed E-state index contributed by atoms with van der Waals surface area (Å²) in [6, 6.07) is 4.29. The van der Waals surface area contributed by atoms with E-state index in [1.807, 2.05) is 0 Å². The summed E-state index contributed by atoms with van der Waals surface area (Å²) < 4.78 is 30.7. The fraction of sp³-hybridized carbons (Fsp3) is 0.455.